The van der Waals surface area contributed by atoms with Crippen LogP contribution in [0.25, 0.3) is 0 Å². The number of aromatic nitrogens is 2. The molecule has 0 saturated heterocycles. The Morgan fingerprint density at radius 3 is 2.67 bits per heavy atom. The monoisotopic (exact) mass is 300 g/mol. The summed E-state index contributed by atoms with van der Waals surface area (Å²) in [6, 6.07) is -1.92. The normalized spacial score (nSPS) is 11.5. The van der Waals surface area contributed by atoms with Crippen molar-refractivity contribution in [3.63, 3.8) is 0 Å². The van der Waals surface area contributed by atoms with Crippen LogP contribution in [0.4, 0.5) is 4.79 Å². The van der Waals surface area contributed by atoms with Crippen molar-refractivity contribution in [3.05, 3.63) is 11.7 Å². The molecule has 0 aromatic carbocycles. The summed E-state index contributed by atoms with van der Waals surface area (Å²) in [7, 11) is 1.20. The van der Waals surface area contributed by atoms with E-state index in [9.17, 15) is 14.4 Å². The van der Waals surface area contributed by atoms with Gasteiger partial charge in [-0.2, -0.15) is 4.98 Å². The number of aryl methyl sites for hydroxylation is 1. The number of ether oxygens (including phenoxy) is 1. The summed E-state index contributed by atoms with van der Waals surface area (Å²) in [4.78, 5) is 37.4. The van der Waals surface area contributed by atoms with Crippen LogP contribution in [0, 0.1) is 6.92 Å². The van der Waals surface area contributed by atoms with E-state index in [4.69, 9.17) is 9.63 Å². The van der Waals surface area contributed by atoms with Crippen molar-refractivity contribution in [2.75, 3.05) is 7.11 Å². The van der Waals surface area contributed by atoms with Gasteiger partial charge in [-0.05, 0) is 13.3 Å². The molecule has 0 aliphatic carbocycles. The van der Waals surface area contributed by atoms with Gasteiger partial charge in [0.05, 0.1) is 13.7 Å². The summed E-state index contributed by atoms with van der Waals surface area (Å²) in [5, 5.41) is 17.1. The van der Waals surface area contributed by atoms with Crippen LogP contribution in [0.1, 0.15) is 24.6 Å². The summed E-state index contributed by atoms with van der Waals surface area (Å²) in [6.07, 6.45) is -0.189. The van der Waals surface area contributed by atoms with Crippen LogP contribution in [0.2, 0.25) is 0 Å². The van der Waals surface area contributed by atoms with Gasteiger partial charge in [0.1, 0.15) is 6.04 Å². The van der Waals surface area contributed by atoms with Crippen LogP contribution in [0.15, 0.2) is 4.52 Å². The van der Waals surface area contributed by atoms with E-state index < -0.39 is 24.0 Å². The number of carbonyl (C=O) groups is 3. The maximum atomic E-state index is 11.6. The Bertz CT molecular complexity index is 515. The van der Waals surface area contributed by atoms with E-state index in [1.807, 2.05) is 0 Å². The Kier molecular flexibility index (Phi) is 6.11. The third-order valence-electron chi connectivity index (χ3n) is 2.44. The fourth-order valence-electron chi connectivity index (χ4n) is 1.40. The van der Waals surface area contributed by atoms with E-state index in [1.54, 1.807) is 6.92 Å². The number of carboxylic acid groups (broad SMARTS) is 1. The van der Waals surface area contributed by atoms with Crippen LogP contribution in [-0.2, 0) is 20.9 Å². The highest BCUT2D eigenvalue weighted by Gasteiger charge is 2.21. The molecule has 1 aromatic heterocycles. The molecule has 1 atom stereocenters. The lowest BCUT2D eigenvalue weighted by Gasteiger charge is -2.13. The van der Waals surface area contributed by atoms with Gasteiger partial charge in [-0.15, -0.1) is 0 Å². The zero-order valence-electron chi connectivity index (χ0n) is 11.6. The molecule has 3 N–H and O–H groups in total. The Labute approximate surface area is 119 Å². The molecule has 2 amide bonds. The van der Waals surface area contributed by atoms with E-state index >= 15 is 0 Å². The molecule has 0 aliphatic rings. The summed E-state index contributed by atoms with van der Waals surface area (Å²) >= 11 is 0. The quantitative estimate of drug-likeness (QED) is 0.576. The number of amides is 2. The third kappa shape index (κ3) is 5.89. The average molecular weight is 300 g/mol. The number of aliphatic carboxylic acids is 1. The number of nitrogens with zero attached hydrogens (tertiary/aromatic N) is 2. The zero-order valence-corrected chi connectivity index (χ0v) is 11.6. The fraction of sp³-hybridized carbons (Fsp3) is 0.545. The largest absolute Gasteiger partial charge is 0.480 e. The SMILES string of the molecule is COC(=O)CC[C@H](NC(=O)NCc1nc(C)no1)C(=O)O. The predicted molar refractivity (Wildman–Crippen MR) is 67.1 cm³/mol. The molecule has 0 bridgehead atoms. The van der Waals surface area contributed by atoms with E-state index in [0.29, 0.717) is 5.82 Å². The number of hydrogen-bond acceptors (Lipinski definition) is 7. The maximum Gasteiger partial charge on any atom is 0.326 e. The lowest BCUT2D eigenvalue weighted by atomic mass is 10.1. The van der Waals surface area contributed by atoms with Gasteiger partial charge in [-0.1, -0.05) is 5.16 Å². The van der Waals surface area contributed by atoms with E-state index in [2.05, 4.69) is 25.5 Å². The van der Waals surface area contributed by atoms with Gasteiger partial charge in [0.2, 0.25) is 5.89 Å². The fourth-order valence-corrected chi connectivity index (χ4v) is 1.40. The summed E-state index contributed by atoms with van der Waals surface area (Å²) < 4.78 is 9.18. The van der Waals surface area contributed by atoms with Gasteiger partial charge >= 0.3 is 18.0 Å². The highest BCUT2D eigenvalue weighted by molar-refractivity contribution is 5.83. The summed E-state index contributed by atoms with van der Waals surface area (Å²) in [5.74, 6) is -1.18. The number of hydrogen-bond donors (Lipinski definition) is 3. The van der Waals surface area contributed by atoms with Crippen molar-refractivity contribution in [1.29, 1.82) is 0 Å². The molecule has 0 radical (unpaired) electrons. The molecule has 21 heavy (non-hydrogen) atoms. The lowest BCUT2D eigenvalue weighted by Crippen LogP contribution is -2.46. The van der Waals surface area contributed by atoms with Gasteiger partial charge < -0.3 is 25.0 Å². The number of methoxy groups -OCH3 is 1. The average Bonchev–Trinajstić information content (AvgIpc) is 2.86. The molecule has 1 rings (SSSR count). The zero-order chi connectivity index (χ0) is 15.8. The Hall–Kier alpha value is -2.65. The molecule has 0 unspecified atom stereocenters. The maximum absolute atomic E-state index is 11.6. The van der Waals surface area contributed by atoms with Crippen LogP contribution >= 0.6 is 0 Å². The number of urea groups is 1. The van der Waals surface area contributed by atoms with Crippen LogP contribution in [-0.4, -0.2) is 46.4 Å². The minimum Gasteiger partial charge on any atom is -0.480 e. The number of esters is 1. The molecule has 10 heteroatoms. The van der Waals surface area contributed by atoms with Crippen LogP contribution in [0.3, 0.4) is 0 Å². The second kappa shape index (κ2) is 7.82. The minimum absolute atomic E-state index is 0.0317. The highest BCUT2D eigenvalue weighted by atomic mass is 16.5. The highest BCUT2D eigenvalue weighted by Crippen LogP contribution is 2.00. The van der Waals surface area contributed by atoms with Gasteiger partial charge in [0, 0.05) is 6.42 Å². The van der Waals surface area contributed by atoms with Crippen molar-refractivity contribution in [2.24, 2.45) is 0 Å². The predicted octanol–water partition coefficient (Wildman–Crippen LogP) is -0.416. The van der Waals surface area contributed by atoms with E-state index in [0.717, 1.165) is 0 Å². The first-order chi connectivity index (χ1) is 9.92. The van der Waals surface area contributed by atoms with Crippen LogP contribution < -0.4 is 10.6 Å². The van der Waals surface area contributed by atoms with Crippen molar-refractivity contribution >= 4 is 18.0 Å². The van der Waals surface area contributed by atoms with Crippen molar-refractivity contribution < 1.29 is 28.8 Å². The molecule has 1 heterocycles. The van der Waals surface area contributed by atoms with Crippen molar-refractivity contribution in [2.45, 2.75) is 32.4 Å². The Morgan fingerprint density at radius 1 is 1.43 bits per heavy atom. The number of carboxylic acids is 1. The second-order valence-corrected chi connectivity index (χ2v) is 4.07. The smallest absolute Gasteiger partial charge is 0.326 e. The molecular formula is C11H16N4O6. The molecular weight excluding hydrogens is 284 g/mol. The molecule has 0 fully saturated rings. The number of rotatable bonds is 7. The standard InChI is InChI=1S/C11H16N4O6/c1-6-13-8(21-15-6)5-12-11(19)14-7(10(17)18)3-4-9(16)20-2/h7H,3-5H2,1-2H3,(H,17,18)(H2,12,14,19)/t7-/m0/s1. The van der Waals surface area contributed by atoms with Crippen LogP contribution in [0.5, 0.6) is 0 Å². The minimum atomic E-state index is -1.25. The third-order valence-corrected chi connectivity index (χ3v) is 2.44. The second-order valence-electron chi connectivity index (χ2n) is 4.07. The molecule has 10 nitrogen and oxygen atoms in total. The van der Waals surface area contributed by atoms with E-state index in [-0.39, 0.29) is 25.3 Å². The van der Waals surface area contributed by atoms with Gasteiger partial charge in [-0.3, -0.25) is 4.79 Å². The molecule has 116 valence electrons. The molecule has 0 spiro atoms. The van der Waals surface area contributed by atoms with Gasteiger partial charge in [-0.25, -0.2) is 9.59 Å². The number of nitrogens with one attached hydrogen (secondary N) is 2. The Morgan fingerprint density at radius 2 is 2.14 bits per heavy atom. The van der Waals surface area contributed by atoms with Crippen molar-refractivity contribution in [3.8, 4) is 0 Å². The molecule has 0 saturated carbocycles. The van der Waals surface area contributed by atoms with E-state index in [1.165, 1.54) is 7.11 Å². The summed E-state index contributed by atoms with van der Waals surface area (Å²) in [5.41, 5.74) is 0. The first-order valence-electron chi connectivity index (χ1n) is 6.05. The molecule has 0 aliphatic heterocycles. The lowest BCUT2D eigenvalue weighted by molar-refractivity contribution is -0.142. The Balaban J connectivity index is 2.41. The first kappa shape index (κ1) is 16.4. The number of carbonyl (C=O) groups excluding carboxylic acids is 2. The summed E-state index contributed by atoms with van der Waals surface area (Å²) in [6.45, 7) is 1.59. The van der Waals surface area contributed by atoms with Gasteiger partial charge in [0.25, 0.3) is 0 Å². The molecule has 1 aromatic rings. The van der Waals surface area contributed by atoms with Gasteiger partial charge in [0.15, 0.2) is 5.82 Å². The van der Waals surface area contributed by atoms with Crippen molar-refractivity contribution in [1.82, 2.24) is 20.8 Å². The first-order valence-corrected chi connectivity index (χ1v) is 6.05. The topological polar surface area (TPSA) is 144 Å².